The molecular formula is C18H23N3O. The molecule has 116 valence electrons. The van der Waals surface area contributed by atoms with Crippen LogP contribution in [0.4, 0.5) is 0 Å². The van der Waals surface area contributed by atoms with E-state index in [0.29, 0.717) is 11.8 Å². The first-order valence-electron chi connectivity index (χ1n) is 7.97. The maximum atomic E-state index is 5.73. The summed E-state index contributed by atoms with van der Waals surface area (Å²) in [5.74, 6) is 1.25. The summed E-state index contributed by atoms with van der Waals surface area (Å²) < 4.78 is 5.73. The molecule has 2 aromatic rings. The monoisotopic (exact) mass is 297 g/mol. The van der Waals surface area contributed by atoms with Gasteiger partial charge in [0.1, 0.15) is 0 Å². The molecule has 1 aliphatic heterocycles. The number of piperidine rings is 1. The van der Waals surface area contributed by atoms with Crippen LogP contribution in [0.5, 0.6) is 5.88 Å². The van der Waals surface area contributed by atoms with Gasteiger partial charge in [-0.15, -0.1) is 0 Å². The van der Waals surface area contributed by atoms with E-state index in [1.54, 1.807) is 18.6 Å². The molecule has 1 aliphatic rings. The zero-order chi connectivity index (χ0) is 15.2. The van der Waals surface area contributed by atoms with Gasteiger partial charge in [-0.2, -0.15) is 0 Å². The molecule has 0 aliphatic carbocycles. The number of ether oxygens (including phenoxy) is 1. The van der Waals surface area contributed by atoms with E-state index in [-0.39, 0.29) is 0 Å². The second-order valence-corrected chi connectivity index (χ2v) is 6.00. The molecule has 3 rings (SSSR count). The summed E-state index contributed by atoms with van der Waals surface area (Å²) in [5, 5.41) is 0. The van der Waals surface area contributed by atoms with E-state index in [1.165, 1.54) is 24.0 Å². The van der Waals surface area contributed by atoms with Gasteiger partial charge >= 0.3 is 0 Å². The highest BCUT2D eigenvalue weighted by atomic mass is 16.5. The fourth-order valence-corrected chi connectivity index (χ4v) is 2.90. The van der Waals surface area contributed by atoms with E-state index < -0.39 is 0 Å². The topological polar surface area (TPSA) is 38.2 Å². The first-order chi connectivity index (χ1) is 10.8. The summed E-state index contributed by atoms with van der Waals surface area (Å²) in [7, 11) is 0. The van der Waals surface area contributed by atoms with Gasteiger partial charge in [-0.25, -0.2) is 4.98 Å². The molecule has 1 aromatic heterocycles. The van der Waals surface area contributed by atoms with E-state index in [4.69, 9.17) is 4.74 Å². The van der Waals surface area contributed by atoms with Crippen LogP contribution >= 0.6 is 0 Å². The van der Waals surface area contributed by atoms with Crippen molar-refractivity contribution in [3.05, 3.63) is 54.0 Å². The average molecular weight is 297 g/mol. The maximum absolute atomic E-state index is 5.73. The number of hydrogen-bond acceptors (Lipinski definition) is 4. The van der Waals surface area contributed by atoms with Crippen LogP contribution in [-0.4, -0.2) is 34.6 Å². The largest absolute Gasteiger partial charge is 0.476 e. The summed E-state index contributed by atoms with van der Waals surface area (Å²) in [6.45, 7) is 6.28. The Labute approximate surface area is 132 Å². The predicted octanol–water partition coefficient (Wildman–Crippen LogP) is 3.08. The molecule has 1 fully saturated rings. The Morgan fingerprint density at radius 2 is 2.00 bits per heavy atom. The molecule has 4 heteroatoms. The van der Waals surface area contributed by atoms with Crippen LogP contribution in [0.25, 0.3) is 0 Å². The number of benzene rings is 1. The zero-order valence-electron chi connectivity index (χ0n) is 13.1. The van der Waals surface area contributed by atoms with Gasteiger partial charge in [-0.3, -0.25) is 9.88 Å². The fourth-order valence-electron chi connectivity index (χ4n) is 2.90. The lowest BCUT2D eigenvalue weighted by Crippen LogP contribution is -2.35. The number of nitrogens with zero attached hydrogens (tertiary/aromatic N) is 3. The molecule has 0 unspecified atom stereocenters. The minimum atomic E-state index is 0.620. The van der Waals surface area contributed by atoms with Crippen LogP contribution in [0.15, 0.2) is 42.9 Å². The predicted molar refractivity (Wildman–Crippen MR) is 86.7 cm³/mol. The molecule has 1 aromatic carbocycles. The van der Waals surface area contributed by atoms with Crippen molar-refractivity contribution in [1.29, 1.82) is 0 Å². The van der Waals surface area contributed by atoms with Crippen molar-refractivity contribution < 1.29 is 4.74 Å². The Morgan fingerprint density at radius 3 is 2.73 bits per heavy atom. The second-order valence-electron chi connectivity index (χ2n) is 6.00. The summed E-state index contributed by atoms with van der Waals surface area (Å²) >= 11 is 0. The Kier molecular flexibility index (Phi) is 5.01. The molecule has 0 saturated carbocycles. The van der Waals surface area contributed by atoms with Crippen LogP contribution in [0.3, 0.4) is 0 Å². The van der Waals surface area contributed by atoms with Gasteiger partial charge in [0.2, 0.25) is 5.88 Å². The van der Waals surface area contributed by atoms with Crippen molar-refractivity contribution in [2.75, 3.05) is 19.7 Å². The first-order valence-corrected chi connectivity index (χ1v) is 7.97. The summed E-state index contributed by atoms with van der Waals surface area (Å²) in [4.78, 5) is 10.7. The van der Waals surface area contributed by atoms with Crippen molar-refractivity contribution in [2.45, 2.75) is 26.3 Å². The number of likely N-dealkylation sites (tertiary alicyclic amines) is 1. The Balaban J connectivity index is 1.44. The molecule has 22 heavy (non-hydrogen) atoms. The van der Waals surface area contributed by atoms with Crippen molar-refractivity contribution in [3.63, 3.8) is 0 Å². The number of rotatable bonds is 5. The molecule has 0 amide bonds. The molecule has 4 nitrogen and oxygen atoms in total. The summed E-state index contributed by atoms with van der Waals surface area (Å²) in [6.07, 6.45) is 7.38. The normalized spacial score (nSPS) is 16.6. The van der Waals surface area contributed by atoms with E-state index in [0.717, 1.165) is 26.2 Å². The zero-order valence-corrected chi connectivity index (χ0v) is 13.1. The quantitative estimate of drug-likeness (QED) is 0.850. The van der Waals surface area contributed by atoms with Gasteiger partial charge in [0.25, 0.3) is 0 Å². The lowest BCUT2D eigenvalue weighted by Gasteiger charge is -2.32. The van der Waals surface area contributed by atoms with E-state index in [1.807, 2.05) is 0 Å². The fraction of sp³-hybridized carbons (Fsp3) is 0.444. The Bertz CT molecular complexity index is 580. The molecule has 0 bridgehead atoms. The molecule has 2 heterocycles. The highest BCUT2D eigenvalue weighted by Crippen LogP contribution is 2.20. The van der Waals surface area contributed by atoms with E-state index >= 15 is 0 Å². The lowest BCUT2D eigenvalue weighted by molar-refractivity contribution is 0.134. The minimum absolute atomic E-state index is 0.620. The highest BCUT2D eigenvalue weighted by Gasteiger charge is 2.20. The maximum Gasteiger partial charge on any atom is 0.232 e. The lowest BCUT2D eigenvalue weighted by atomic mass is 9.97. The van der Waals surface area contributed by atoms with Gasteiger partial charge in [0.15, 0.2) is 0 Å². The van der Waals surface area contributed by atoms with Crippen LogP contribution in [0, 0.1) is 12.8 Å². The van der Waals surface area contributed by atoms with Crippen LogP contribution in [-0.2, 0) is 6.54 Å². The van der Waals surface area contributed by atoms with Crippen LogP contribution in [0.2, 0.25) is 0 Å². The van der Waals surface area contributed by atoms with Crippen LogP contribution < -0.4 is 4.74 Å². The molecule has 0 N–H and O–H groups in total. The van der Waals surface area contributed by atoms with Gasteiger partial charge in [0, 0.05) is 18.9 Å². The summed E-state index contributed by atoms with van der Waals surface area (Å²) in [5.41, 5.74) is 2.83. The molecule has 0 radical (unpaired) electrons. The number of aryl methyl sites for hydroxylation is 1. The van der Waals surface area contributed by atoms with Gasteiger partial charge in [-0.1, -0.05) is 24.3 Å². The standard InChI is InChI=1S/C18H23N3O/c1-15-4-2-3-5-17(15)13-21-10-6-16(7-11-21)14-22-18-12-19-8-9-20-18/h2-5,8-9,12,16H,6-7,10-11,13-14H2,1H3. The third-order valence-corrected chi connectivity index (χ3v) is 4.37. The number of hydrogen-bond donors (Lipinski definition) is 0. The van der Waals surface area contributed by atoms with Crippen molar-refractivity contribution in [2.24, 2.45) is 5.92 Å². The van der Waals surface area contributed by atoms with Crippen molar-refractivity contribution in [3.8, 4) is 5.88 Å². The molecule has 1 saturated heterocycles. The van der Waals surface area contributed by atoms with Gasteiger partial charge in [0.05, 0.1) is 12.8 Å². The third-order valence-electron chi connectivity index (χ3n) is 4.37. The smallest absolute Gasteiger partial charge is 0.232 e. The minimum Gasteiger partial charge on any atom is -0.476 e. The average Bonchev–Trinajstić information content (AvgIpc) is 2.57. The number of aromatic nitrogens is 2. The van der Waals surface area contributed by atoms with E-state index in [9.17, 15) is 0 Å². The van der Waals surface area contributed by atoms with Gasteiger partial charge in [-0.05, 0) is 49.9 Å². The van der Waals surface area contributed by atoms with Crippen molar-refractivity contribution >= 4 is 0 Å². The third kappa shape index (κ3) is 4.04. The van der Waals surface area contributed by atoms with E-state index in [2.05, 4.69) is 46.1 Å². The SMILES string of the molecule is Cc1ccccc1CN1CCC(COc2cnccn2)CC1. The highest BCUT2D eigenvalue weighted by molar-refractivity contribution is 5.25. The Hall–Kier alpha value is -1.94. The Morgan fingerprint density at radius 1 is 1.18 bits per heavy atom. The second kappa shape index (κ2) is 7.36. The molecular weight excluding hydrogens is 274 g/mol. The first kappa shape index (κ1) is 15.0. The molecule has 0 spiro atoms. The summed E-state index contributed by atoms with van der Waals surface area (Å²) in [6, 6.07) is 8.66. The van der Waals surface area contributed by atoms with Crippen LogP contribution in [0.1, 0.15) is 24.0 Å². The molecule has 0 atom stereocenters. The van der Waals surface area contributed by atoms with Gasteiger partial charge < -0.3 is 4.74 Å². The van der Waals surface area contributed by atoms with Crippen molar-refractivity contribution in [1.82, 2.24) is 14.9 Å².